The number of rotatable bonds is 42. The van der Waals surface area contributed by atoms with E-state index in [1.807, 2.05) is 41.5 Å². The SMILES string of the molecule is CC(C)(C)OC(=O)NCCCCOc1cc(-c2nc(C(=O)O)co2)ccn1.COC(=O)c1coc(-c2ccnc(OCCCCNC(=O)OC(C)(C)C)c2)n1.COC(=O)c1coc(-c2ccnc(OCCCCNC(=O)c3nn(C)cc3[N+](=O)[O-])c2)n1.COC(=O)c1nc(-c2ccnc(OCCCCN)c2)oc1C.Cn1cc([N+](=O)[O-])c(C(=O)O)n1.NCCCCOc1cc(-c2nc(C(=O)O)co2)ccn1. The number of aromatic nitrogens is 14. The number of hydrogen-bond donors (Lipinski definition) is 8. The molecule has 10 N–H and O–H groups in total. The Labute approximate surface area is 803 Å². The van der Waals surface area contributed by atoms with E-state index < -0.39 is 86.3 Å². The number of oxazole rings is 5. The molecule has 0 aliphatic carbocycles. The molecule has 141 heavy (non-hydrogen) atoms. The van der Waals surface area contributed by atoms with Crippen LogP contribution in [0, 0.1) is 27.2 Å². The highest BCUT2D eigenvalue weighted by Gasteiger charge is 2.28. The highest BCUT2D eigenvalue weighted by molar-refractivity contribution is 5.96. The van der Waals surface area contributed by atoms with Gasteiger partial charge < -0.3 is 112 Å². The number of nitrogens with zero attached hydrogens (tertiary/aromatic N) is 16. The first kappa shape index (κ1) is 111. The highest BCUT2D eigenvalue weighted by atomic mass is 16.6. The van der Waals surface area contributed by atoms with Gasteiger partial charge in [0.2, 0.25) is 70.2 Å². The van der Waals surface area contributed by atoms with Gasteiger partial charge in [0, 0.05) is 123 Å². The molecule has 0 saturated heterocycles. The van der Waals surface area contributed by atoms with Gasteiger partial charge in [-0.15, -0.1) is 0 Å². The molecular weight excluding hydrogens is 1860 g/mol. The Morgan fingerprint density at radius 2 is 0.702 bits per heavy atom. The number of carboxylic acids is 3. The minimum absolute atomic E-state index is 0.0554. The van der Waals surface area contributed by atoms with E-state index in [0.717, 1.165) is 68.4 Å². The highest BCUT2D eigenvalue weighted by Crippen LogP contribution is 2.30. The predicted octanol–water partition coefficient (Wildman–Crippen LogP) is 11.6. The lowest BCUT2D eigenvalue weighted by atomic mass is 10.2. The van der Waals surface area contributed by atoms with Crippen LogP contribution in [-0.2, 0) is 37.8 Å². The monoisotopic (exact) mass is 1970 g/mol. The van der Waals surface area contributed by atoms with E-state index in [2.05, 4.69) is 90.2 Å². The van der Waals surface area contributed by atoms with Crippen LogP contribution < -0.4 is 51.1 Å². The average Bonchev–Trinajstić information content (AvgIpc) is 1.68. The van der Waals surface area contributed by atoms with Crippen molar-refractivity contribution < 1.29 is 138 Å². The van der Waals surface area contributed by atoms with Gasteiger partial charge in [-0.2, -0.15) is 10.2 Å². The molecule has 754 valence electrons. The quantitative estimate of drug-likeness (QED) is 0.00579. The molecule has 12 rings (SSSR count). The maximum atomic E-state index is 12.1. The van der Waals surface area contributed by atoms with Crippen LogP contribution in [0.5, 0.6) is 29.4 Å². The number of ether oxygens (including phenoxy) is 10. The van der Waals surface area contributed by atoms with Crippen molar-refractivity contribution in [1.29, 1.82) is 0 Å². The van der Waals surface area contributed by atoms with Crippen LogP contribution in [-0.4, -0.2) is 247 Å². The Hall–Kier alpha value is -17.2. The standard InChI is InChI=1S/C19H20N6O7.C19H25N3O6.C18H23N3O6.C15H19N3O4.C13H15N3O4.C5H5N3O4/c1-24-10-14(25(28)29)16(23-24)17(26)21-6-3-4-8-31-15-9-12(5-7-20-15)18-22-13(11-32-18)19(27)30-2;1-19(2,3)28-18(24)21-8-5-6-10-26-15-11-13(7-9-20-15)16-22-14(12-27-16)17(23)25-4;1-18(2,3)27-17(24)20-7-4-5-9-25-14-10-12(6-8-19-14)15-21-13(11-26-15)16(22)23;1-10-13(15(19)20-2)18-14(22-10)11-5-7-17-12(9-11)21-8-4-3-6-16;14-4-1-2-6-19-11-7-9(3-5-15-11)12-16-10(8-20-12)13(17)18;1-7-2-3(8(11)12)4(6-7)5(9)10/h5,7,9-11H,3-4,6,8H2,1-2H3,(H,21,26);7,9,11-12H,5-6,8,10H2,1-4H3,(H,21,24);6,8,10-11H,4-5,7,9H2,1-3H3,(H,20,24)(H,22,23);5,7,9H,3-4,6,8,16H2,1-2H3;3,5,7-8H,1-2,4,6,14H2,(H,17,18);2H,1H3,(H,9,10). The molecule has 3 amide bonds. The van der Waals surface area contributed by atoms with Gasteiger partial charge in [0.15, 0.2) is 28.5 Å². The zero-order chi connectivity index (χ0) is 103. The lowest BCUT2D eigenvalue weighted by Gasteiger charge is -2.19. The van der Waals surface area contributed by atoms with E-state index in [4.69, 9.17) is 82.0 Å². The molecule has 0 radical (unpaired) electrons. The number of esters is 3. The largest absolute Gasteiger partial charge is 0.478 e. The third kappa shape index (κ3) is 38.5. The molecule has 12 aromatic heterocycles. The van der Waals surface area contributed by atoms with Gasteiger partial charge in [0.1, 0.15) is 54.4 Å². The Kier molecular flexibility index (Phi) is 44.3. The van der Waals surface area contributed by atoms with Crippen LogP contribution in [0.15, 0.2) is 151 Å². The van der Waals surface area contributed by atoms with Gasteiger partial charge in [-0.3, -0.25) is 34.4 Å². The second-order valence-electron chi connectivity index (χ2n) is 30.9. The number of amides is 3. The number of nitro groups is 2. The molecule has 0 aliphatic rings. The summed E-state index contributed by atoms with van der Waals surface area (Å²) in [6.07, 6.45) is 21.3. The Balaban J connectivity index is 0.000000234. The number of nitrogens with one attached hydrogen (secondary N) is 3. The summed E-state index contributed by atoms with van der Waals surface area (Å²) in [6, 6.07) is 16.7. The number of carboxylic acid groups (broad SMARTS) is 3. The van der Waals surface area contributed by atoms with E-state index in [1.54, 1.807) is 86.2 Å². The van der Waals surface area contributed by atoms with E-state index in [0.29, 0.717) is 154 Å². The maximum Gasteiger partial charge on any atom is 0.407 e. The van der Waals surface area contributed by atoms with Crippen molar-refractivity contribution in [2.24, 2.45) is 25.6 Å². The number of hydrogen-bond acceptors (Lipinski definition) is 42. The van der Waals surface area contributed by atoms with Crippen molar-refractivity contribution in [3.05, 3.63) is 195 Å². The zero-order valence-corrected chi connectivity index (χ0v) is 78.8. The number of pyridine rings is 5. The molecule has 12 aromatic rings. The number of carbonyl (C=O) groups is 9. The maximum absolute atomic E-state index is 12.1. The fraction of sp³-hybridized carbons (Fsp3) is 0.382. The van der Waals surface area contributed by atoms with Crippen molar-refractivity contribution >= 4 is 65.3 Å². The van der Waals surface area contributed by atoms with Gasteiger partial charge in [-0.25, -0.2) is 88.2 Å². The molecular formula is C89H107N21O31. The van der Waals surface area contributed by atoms with Crippen molar-refractivity contribution in [3.8, 4) is 86.7 Å². The van der Waals surface area contributed by atoms with Crippen LogP contribution in [0.2, 0.25) is 0 Å². The smallest absolute Gasteiger partial charge is 0.407 e. The molecule has 0 aromatic carbocycles. The Bertz CT molecular complexity index is 6070. The van der Waals surface area contributed by atoms with Crippen molar-refractivity contribution in [2.75, 3.05) is 87.1 Å². The molecule has 0 fully saturated rings. The first-order chi connectivity index (χ1) is 67.3. The van der Waals surface area contributed by atoms with Crippen LogP contribution in [0.25, 0.3) is 57.3 Å². The van der Waals surface area contributed by atoms with Gasteiger partial charge in [-0.1, -0.05) is 0 Å². The van der Waals surface area contributed by atoms with Crippen LogP contribution in [0.3, 0.4) is 0 Å². The second-order valence-corrected chi connectivity index (χ2v) is 30.9. The third-order valence-electron chi connectivity index (χ3n) is 17.5. The van der Waals surface area contributed by atoms with Crippen molar-refractivity contribution in [3.63, 3.8) is 0 Å². The lowest BCUT2D eigenvalue weighted by Crippen LogP contribution is -2.33. The summed E-state index contributed by atoms with van der Waals surface area (Å²) < 4.78 is 80.6. The molecule has 0 spiro atoms. The van der Waals surface area contributed by atoms with Crippen molar-refractivity contribution in [1.82, 2.24) is 85.4 Å². The first-order valence-corrected chi connectivity index (χ1v) is 43.0. The summed E-state index contributed by atoms with van der Waals surface area (Å²) in [4.78, 5) is 162. The van der Waals surface area contributed by atoms with Crippen LogP contribution in [0.1, 0.15) is 185 Å². The molecule has 0 aliphatic heterocycles. The van der Waals surface area contributed by atoms with E-state index >= 15 is 0 Å². The fourth-order valence-corrected chi connectivity index (χ4v) is 11.0. The summed E-state index contributed by atoms with van der Waals surface area (Å²) in [6.45, 7) is 17.3. The predicted molar refractivity (Wildman–Crippen MR) is 491 cm³/mol. The summed E-state index contributed by atoms with van der Waals surface area (Å²) in [5, 5.41) is 62.5. The number of alkyl carbamates (subject to hydrolysis) is 2. The molecule has 0 unspecified atom stereocenters. The van der Waals surface area contributed by atoms with Gasteiger partial charge in [-0.05, 0) is 156 Å². The number of aromatic carboxylic acids is 3. The molecule has 0 atom stereocenters. The summed E-state index contributed by atoms with van der Waals surface area (Å²) in [7, 11) is 6.75. The molecule has 52 heteroatoms. The van der Waals surface area contributed by atoms with Crippen molar-refractivity contribution in [2.45, 2.75) is 124 Å². The number of aryl methyl sites for hydroxylation is 3. The third-order valence-corrected chi connectivity index (χ3v) is 17.5. The summed E-state index contributed by atoms with van der Waals surface area (Å²) in [5.74, 6) is -2.32. The van der Waals surface area contributed by atoms with E-state index in [1.165, 1.54) is 71.2 Å². The molecule has 0 saturated carbocycles. The van der Waals surface area contributed by atoms with E-state index in [-0.39, 0.29) is 63.4 Å². The average molecular weight is 1970 g/mol. The number of carbonyl (C=O) groups excluding carboxylic acids is 6. The van der Waals surface area contributed by atoms with Crippen LogP contribution in [0.4, 0.5) is 21.0 Å². The normalized spacial score (nSPS) is 10.7. The summed E-state index contributed by atoms with van der Waals surface area (Å²) in [5.41, 5.74) is 11.3. The Morgan fingerprint density at radius 1 is 0.404 bits per heavy atom. The van der Waals surface area contributed by atoms with Gasteiger partial charge in [0.05, 0.1) is 64.2 Å². The minimum Gasteiger partial charge on any atom is -0.478 e. The lowest BCUT2D eigenvalue weighted by molar-refractivity contribution is -0.385. The first-order valence-electron chi connectivity index (χ1n) is 43.0. The van der Waals surface area contributed by atoms with Crippen LogP contribution >= 0.6 is 0 Å². The summed E-state index contributed by atoms with van der Waals surface area (Å²) >= 11 is 0. The molecule has 12 heterocycles. The fourth-order valence-electron chi connectivity index (χ4n) is 11.0. The van der Waals surface area contributed by atoms with Gasteiger partial charge in [0.25, 0.3) is 5.91 Å². The van der Waals surface area contributed by atoms with Gasteiger partial charge >= 0.3 is 59.4 Å². The van der Waals surface area contributed by atoms with E-state index in [9.17, 15) is 63.4 Å². The number of unbranched alkanes of at least 4 members (excludes halogenated alkanes) is 5. The Morgan fingerprint density at radius 3 is 0.993 bits per heavy atom. The number of methoxy groups -OCH3 is 3. The minimum atomic E-state index is -1.40. The second kappa shape index (κ2) is 56.3. The topological polar surface area (TPSA) is 711 Å². The number of nitrogens with two attached hydrogens (primary N) is 2. The molecule has 0 bridgehead atoms. The molecule has 52 nitrogen and oxygen atoms in total. The zero-order valence-electron chi connectivity index (χ0n) is 78.8.